The highest BCUT2D eigenvalue weighted by Crippen LogP contribution is 2.35. The minimum absolute atomic E-state index is 0.0453. The van der Waals surface area contributed by atoms with Crippen LogP contribution >= 0.6 is 0 Å². The van der Waals surface area contributed by atoms with Crippen molar-refractivity contribution in [2.45, 2.75) is 77.0 Å². The van der Waals surface area contributed by atoms with Gasteiger partial charge in [0.1, 0.15) is 5.75 Å². The van der Waals surface area contributed by atoms with Crippen molar-refractivity contribution < 1.29 is 23.9 Å². The molecule has 4 aromatic heterocycles. The van der Waals surface area contributed by atoms with Gasteiger partial charge in [0, 0.05) is 131 Å². The normalized spacial score (nSPS) is 13.3. The van der Waals surface area contributed by atoms with Gasteiger partial charge in [-0.1, -0.05) is 128 Å². The van der Waals surface area contributed by atoms with Crippen LogP contribution in [0.25, 0.3) is 44.5 Å². The highest BCUT2D eigenvalue weighted by Gasteiger charge is 2.22. The van der Waals surface area contributed by atoms with Crippen molar-refractivity contribution >= 4 is 57.8 Å². The molecule has 0 saturated heterocycles. The minimum atomic E-state index is -0.107. The van der Waals surface area contributed by atoms with Gasteiger partial charge in [-0.05, 0) is 188 Å². The molecule has 16 rings (SSSR count). The molecule has 0 fully saturated rings. The fourth-order valence-corrected chi connectivity index (χ4v) is 12.7. The molecule has 4 aliphatic rings. The predicted molar refractivity (Wildman–Crippen MR) is 406 cm³/mol. The summed E-state index contributed by atoms with van der Waals surface area (Å²) in [6.07, 6.45) is 19.2. The van der Waals surface area contributed by atoms with Gasteiger partial charge in [0.05, 0.1) is 32.8 Å². The Morgan fingerprint density at radius 3 is 1.11 bits per heavy atom. The Kier molecular flexibility index (Phi) is 21.4. The van der Waals surface area contributed by atoms with E-state index in [9.17, 15) is 19.2 Å². The summed E-state index contributed by atoms with van der Waals surface area (Å²) in [4.78, 5) is 63.6. The van der Waals surface area contributed by atoms with Gasteiger partial charge in [0.15, 0.2) is 0 Å². The number of hydrogen-bond acceptors (Lipinski definition) is 13. The van der Waals surface area contributed by atoms with E-state index >= 15 is 0 Å². The maximum atomic E-state index is 11.5. The number of rotatable bonds is 18. The lowest BCUT2D eigenvalue weighted by Gasteiger charge is -2.13. The third-order valence-corrected chi connectivity index (χ3v) is 18.3. The SMILES string of the molecule is CCc1cccc(NCc2cncc(-c3ccc4c(c3)NC(=O)C4)c2)c1.COc1ccc(NCc2cncc(-c3ccc4c(c3)NC(=O)C4)c2)cc1.N[C@@H](Cc1ccccc1)c1cncc(-c2ccc3c(c2)NC(=O)C3)c1.N[C@H](Cc1ccccc1)c1cncc(-c2ccc3c(c2)NC(=O)C3)c1. The molecule has 12 aromatic rings. The van der Waals surface area contributed by atoms with E-state index < -0.39 is 0 Å². The summed E-state index contributed by atoms with van der Waals surface area (Å²) in [5, 5.41) is 18.4. The number of methoxy groups -OCH3 is 1. The van der Waals surface area contributed by atoms with Gasteiger partial charge in [0.25, 0.3) is 0 Å². The second-order valence-corrected chi connectivity index (χ2v) is 25.6. The van der Waals surface area contributed by atoms with Gasteiger partial charge in [-0.2, -0.15) is 0 Å². The van der Waals surface area contributed by atoms with Crippen molar-refractivity contribution in [1.82, 2.24) is 19.9 Å². The van der Waals surface area contributed by atoms with Gasteiger partial charge in [-0.15, -0.1) is 0 Å². The lowest BCUT2D eigenvalue weighted by Crippen LogP contribution is -2.13. The van der Waals surface area contributed by atoms with Crippen LogP contribution in [-0.2, 0) is 77.2 Å². The second kappa shape index (κ2) is 32.0. The van der Waals surface area contributed by atoms with E-state index in [0.717, 1.165) is 155 Å². The number of fused-ring (bicyclic) bond motifs is 4. The first-order valence-corrected chi connectivity index (χ1v) is 34.1. The largest absolute Gasteiger partial charge is 0.497 e. The van der Waals surface area contributed by atoms with Crippen molar-refractivity contribution in [2.24, 2.45) is 11.5 Å². The first kappa shape index (κ1) is 68.1. The quantitative estimate of drug-likeness (QED) is 0.0398. The summed E-state index contributed by atoms with van der Waals surface area (Å²) < 4.78 is 5.17. The highest BCUT2D eigenvalue weighted by atomic mass is 16.5. The monoisotopic (exact) mass is 1350 g/mol. The van der Waals surface area contributed by atoms with Crippen molar-refractivity contribution in [2.75, 3.05) is 39.0 Å². The molecule has 0 saturated carbocycles. The minimum Gasteiger partial charge on any atom is -0.497 e. The van der Waals surface area contributed by atoms with E-state index in [1.54, 1.807) is 7.11 Å². The number of aromatic nitrogens is 4. The van der Waals surface area contributed by atoms with Crippen LogP contribution in [0.5, 0.6) is 5.75 Å². The molecule has 508 valence electrons. The Morgan fingerprint density at radius 2 is 0.725 bits per heavy atom. The number of nitrogens with two attached hydrogens (primary N) is 2. The number of pyridine rings is 4. The molecule has 102 heavy (non-hydrogen) atoms. The predicted octanol–water partition coefficient (Wildman–Crippen LogP) is 15.3. The van der Waals surface area contributed by atoms with Crippen LogP contribution in [0.4, 0.5) is 34.1 Å². The number of amides is 4. The Labute approximate surface area is 593 Å². The third kappa shape index (κ3) is 17.5. The van der Waals surface area contributed by atoms with Crippen molar-refractivity contribution in [3.63, 3.8) is 0 Å². The molecule has 0 radical (unpaired) electrons. The Bertz CT molecular complexity index is 4860. The maximum Gasteiger partial charge on any atom is 0.228 e. The number of nitrogens with zero attached hydrogens (tertiary/aromatic N) is 4. The van der Waals surface area contributed by atoms with Crippen LogP contribution in [-0.4, -0.2) is 50.7 Å². The smallest absolute Gasteiger partial charge is 0.228 e. The molecule has 10 N–H and O–H groups in total. The number of anilines is 6. The molecule has 4 amide bonds. The molecule has 0 unspecified atom stereocenters. The average Bonchev–Trinajstić information content (AvgIpc) is 1.54. The first-order valence-electron chi connectivity index (χ1n) is 34.1. The first-order chi connectivity index (χ1) is 49.8. The molecule has 0 spiro atoms. The topological polar surface area (TPSA) is 253 Å². The van der Waals surface area contributed by atoms with Gasteiger partial charge >= 0.3 is 0 Å². The molecule has 17 heteroatoms. The van der Waals surface area contributed by atoms with E-state index in [2.05, 4.69) is 138 Å². The van der Waals surface area contributed by atoms with Crippen LogP contribution < -0.4 is 48.1 Å². The lowest BCUT2D eigenvalue weighted by molar-refractivity contribution is -0.115. The second-order valence-electron chi connectivity index (χ2n) is 25.6. The Hall–Kier alpha value is -12.4. The summed E-state index contributed by atoms with van der Waals surface area (Å²) in [7, 11) is 1.66. The van der Waals surface area contributed by atoms with E-state index in [1.165, 1.54) is 16.7 Å². The zero-order valence-corrected chi connectivity index (χ0v) is 56.8. The molecule has 2 atom stereocenters. The zero-order chi connectivity index (χ0) is 70.3. The third-order valence-electron chi connectivity index (χ3n) is 18.3. The number of benzene rings is 8. The molecule has 8 aromatic carbocycles. The van der Waals surface area contributed by atoms with E-state index in [0.29, 0.717) is 32.2 Å². The maximum absolute atomic E-state index is 11.5. The number of hydrogen-bond donors (Lipinski definition) is 8. The fourth-order valence-electron chi connectivity index (χ4n) is 12.7. The highest BCUT2D eigenvalue weighted by molar-refractivity contribution is 6.02. The Balaban J connectivity index is 0.000000121. The summed E-state index contributed by atoms with van der Waals surface area (Å²) in [5.41, 5.74) is 38.9. The lowest BCUT2D eigenvalue weighted by atomic mass is 9.97. The summed E-state index contributed by atoms with van der Waals surface area (Å²) in [5.74, 6) is 1.03. The zero-order valence-electron chi connectivity index (χ0n) is 56.8. The van der Waals surface area contributed by atoms with Crippen LogP contribution in [0.2, 0.25) is 0 Å². The number of ether oxygens (including phenoxy) is 1. The van der Waals surface area contributed by atoms with Crippen LogP contribution in [0, 0.1) is 0 Å². The number of aryl methyl sites for hydroxylation is 1. The molecule has 8 heterocycles. The van der Waals surface area contributed by atoms with Gasteiger partial charge in [0.2, 0.25) is 23.6 Å². The van der Waals surface area contributed by atoms with Crippen LogP contribution in [0.15, 0.2) is 256 Å². The molecule has 0 bridgehead atoms. The number of carbonyl (C=O) groups is 4. The van der Waals surface area contributed by atoms with Crippen molar-refractivity contribution in [1.29, 1.82) is 0 Å². The van der Waals surface area contributed by atoms with E-state index in [1.807, 2.05) is 177 Å². The summed E-state index contributed by atoms with van der Waals surface area (Å²) in [6, 6.07) is 69.2. The fraction of sp³-hybridized carbons (Fsp3) is 0.153. The van der Waals surface area contributed by atoms with Gasteiger partial charge < -0.3 is 48.1 Å². The number of carbonyl (C=O) groups excluding carboxylic acids is 4. The standard InChI is InChI=1S/C22H21N3O.C21H19N3O2.2C21H19N3O/c1-2-15-4-3-5-20(9-15)24-13-16-8-19(14-23-12-16)17-6-7-18-11-22(26)25-21(18)10-17;1-26-19-6-4-18(5-7-19)23-12-14-8-17(13-22-11-14)15-2-3-16-10-21(25)24-20(16)9-15;2*22-19(8-14-4-2-1-3-5-14)18-9-17(12-23-13-18)15-6-7-16-11-21(25)24-20(16)10-15/h3-10,12,14,24H,2,11,13H2,1H3,(H,25,26);2-9,11,13,23H,10,12H2,1H3,(H,24,25);2*1-7,9-10,12-13,19H,8,11,22H2,(H,24,25)/t;;2*19-/m..10/s1. The summed E-state index contributed by atoms with van der Waals surface area (Å²) >= 11 is 0. The van der Waals surface area contributed by atoms with Crippen LogP contribution in [0.1, 0.15) is 80.2 Å². The van der Waals surface area contributed by atoms with Crippen LogP contribution in [0.3, 0.4) is 0 Å². The molecular formula is C85H78N12O5. The van der Waals surface area contributed by atoms with E-state index in [4.69, 9.17) is 16.2 Å². The van der Waals surface area contributed by atoms with Crippen molar-refractivity contribution in [3.8, 4) is 50.3 Å². The van der Waals surface area contributed by atoms with E-state index in [-0.39, 0.29) is 35.7 Å². The van der Waals surface area contributed by atoms with Gasteiger partial charge in [-0.3, -0.25) is 39.1 Å². The van der Waals surface area contributed by atoms with Crippen molar-refractivity contribution in [3.05, 3.63) is 317 Å². The Morgan fingerprint density at radius 1 is 0.363 bits per heavy atom. The summed E-state index contributed by atoms with van der Waals surface area (Å²) in [6.45, 7) is 3.55. The molecule has 17 nitrogen and oxygen atoms in total. The molecule has 4 aliphatic heterocycles. The average molecular weight is 1350 g/mol. The van der Waals surface area contributed by atoms with Gasteiger partial charge in [-0.25, -0.2) is 0 Å². The molecule has 0 aliphatic carbocycles. The molecular weight excluding hydrogens is 1270 g/mol. The number of nitrogens with one attached hydrogen (secondary N) is 6.